The number of rotatable bonds is 11. The van der Waals surface area contributed by atoms with E-state index in [9.17, 15) is 19.1 Å². The van der Waals surface area contributed by atoms with E-state index in [1.165, 1.54) is 12.1 Å². The molecule has 0 fully saturated rings. The third kappa shape index (κ3) is 7.94. The molecule has 3 rings (SSSR count). The molecule has 2 N–H and O–H groups in total. The second-order valence-electron chi connectivity index (χ2n) is 9.70. The lowest BCUT2D eigenvalue weighted by molar-refractivity contribution is -0.136. The Hall–Kier alpha value is -3.67. The van der Waals surface area contributed by atoms with Crippen molar-refractivity contribution in [3.8, 4) is 5.75 Å². The molecule has 190 valence electrons. The van der Waals surface area contributed by atoms with E-state index in [4.69, 9.17) is 4.74 Å². The average Bonchev–Trinajstić information content (AvgIpc) is 2.81. The predicted molar refractivity (Wildman–Crippen MR) is 139 cm³/mol. The van der Waals surface area contributed by atoms with Gasteiger partial charge in [-0.15, -0.1) is 0 Å². The van der Waals surface area contributed by atoms with Gasteiger partial charge in [0.05, 0.1) is 6.04 Å². The van der Waals surface area contributed by atoms with E-state index in [0.717, 1.165) is 28.7 Å². The molecule has 0 heterocycles. The zero-order valence-electron chi connectivity index (χ0n) is 21.3. The molecule has 0 aliphatic carbocycles. The van der Waals surface area contributed by atoms with Crippen LogP contribution in [-0.4, -0.2) is 17.0 Å². The number of benzene rings is 3. The number of amides is 1. The summed E-state index contributed by atoms with van der Waals surface area (Å²) in [5.41, 5.74) is 5.19. The van der Waals surface area contributed by atoms with E-state index in [0.29, 0.717) is 22.8 Å². The van der Waals surface area contributed by atoms with Gasteiger partial charge in [-0.2, -0.15) is 0 Å². The number of aliphatic carboxylic acids is 1. The van der Waals surface area contributed by atoms with Crippen LogP contribution in [0.5, 0.6) is 5.75 Å². The number of aryl methyl sites for hydroxylation is 3. The van der Waals surface area contributed by atoms with E-state index in [2.05, 4.69) is 37.4 Å². The van der Waals surface area contributed by atoms with Crippen LogP contribution in [0.15, 0.2) is 60.7 Å². The van der Waals surface area contributed by atoms with Crippen molar-refractivity contribution in [1.82, 2.24) is 5.32 Å². The van der Waals surface area contributed by atoms with Crippen molar-refractivity contribution in [3.05, 3.63) is 99.9 Å². The highest BCUT2D eigenvalue weighted by Crippen LogP contribution is 2.25. The molecule has 0 aliphatic rings. The molecule has 36 heavy (non-hydrogen) atoms. The number of nitrogens with one attached hydrogen (secondary N) is 1. The molecule has 0 unspecified atom stereocenters. The Balaban J connectivity index is 1.87. The van der Waals surface area contributed by atoms with Crippen LogP contribution in [0.2, 0.25) is 0 Å². The van der Waals surface area contributed by atoms with Gasteiger partial charge in [0.1, 0.15) is 18.2 Å². The van der Waals surface area contributed by atoms with Crippen LogP contribution < -0.4 is 10.1 Å². The minimum absolute atomic E-state index is 0.0712. The number of halogens is 1. The lowest BCUT2D eigenvalue weighted by Crippen LogP contribution is -2.30. The molecule has 0 bridgehead atoms. The number of ether oxygens (including phenoxy) is 1. The minimum atomic E-state index is -0.919. The minimum Gasteiger partial charge on any atom is -0.489 e. The molecule has 0 aliphatic heterocycles. The van der Waals surface area contributed by atoms with Crippen LogP contribution >= 0.6 is 0 Å². The van der Waals surface area contributed by atoms with Gasteiger partial charge in [0.25, 0.3) is 5.91 Å². The first-order chi connectivity index (χ1) is 17.1. The molecule has 3 aromatic carbocycles. The Labute approximate surface area is 212 Å². The number of carboxylic acid groups (broad SMARTS) is 1. The molecule has 3 aromatic rings. The van der Waals surface area contributed by atoms with Crippen LogP contribution in [0.3, 0.4) is 0 Å². The van der Waals surface area contributed by atoms with E-state index in [-0.39, 0.29) is 37.2 Å². The quantitative estimate of drug-likeness (QED) is 0.319. The van der Waals surface area contributed by atoms with Gasteiger partial charge in [-0.05, 0) is 79.6 Å². The fourth-order valence-electron chi connectivity index (χ4n) is 4.28. The summed E-state index contributed by atoms with van der Waals surface area (Å²) >= 11 is 0. The van der Waals surface area contributed by atoms with Gasteiger partial charge in [0.2, 0.25) is 0 Å². The molecule has 0 spiro atoms. The van der Waals surface area contributed by atoms with Crippen molar-refractivity contribution in [1.29, 1.82) is 0 Å². The molecule has 0 radical (unpaired) electrons. The first kappa shape index (κ1) is 26.9. The zero-order chi connectivity index (χ0) is 26.2. The number of hydrogen-bond donors (Lipinski definition) is 2. The monoisotopic (exact) mass is 491 g/mol. The van der Waals surface area contributed by atoms with Crippen molar-refractivity contribution >= 4 is 11.9 Å². The van der Waals surface area contributed by atoms with Gasteiger partial charge in [0.15, 0.2) is 0 Å². The van der Waals surface area contributed by atoms with Gasteiger partial charge < -0.3 is 15.2 Å². The van der Waals surface area contributed by atoms with Crippen LogP contribution in [0, 0.1) is 25.6 Å². The summed E-state index contributed by atoms with van der Waals surface area (Å²) in [6.45, 7) is 8.51. The summed E-state index contributed by atoms with van der Waals surface area (Å²) in [4.78, 5) is 24.8. The highest BCUT2D eigenvalue weighted by atomic mass is 19.1. The predicted octanol–water partition coefficient (Wildman–Crippen LogP) is 6.56. The number of hydrogen-bond acceptors (Lipinski definition) is 3. The maximum atomic E-state index is 13.6. The van der Waals surface area contributed by atoms with Gasteiger partial charge in [-0.3, -0.25) is 9.59 Å². The lowest BCUT2D eigenvalue weighted by Gasteiger charge is -2.23. The topological polar surface area (TPSA) is 75.6 Å². The highest BCUT2D eigenvalue weighted by Gasteiger charge is 2.20. The molecule has 0 saturated carbocycles. The third-order valence-corrected chi connectivity index (χ3v) is 5.91. The number of carboxylic acids is 1. The van der Waals surface area contributed by atoms with Crippen molar-refractivity contribution in [2.24, 2.45) is 5.92 Å². The fourth-order valence-corrected chi connectivity index (χ4v) is 4.28. The molecule has 0 saturated heterocycles. The summed E-state index contributed by atoms with van der Waals surface area (Å²) < 4.78 is 18.9. The third-order valence-electron chi connectivity index (χ3n) is 5.91. The van der Waals surface area contributed by atoms with Crippen LogP contribution in [0.25, 0.3) is 0 Å². The van der Waals surface area contributed by atoms with Crippen molar-refractivity contribution in [2.75, 3.05) is 0 Å². The second-order valence-corrected chi connectivity index (χ2v) is 9.70. The standard InChI is InChI=1S/C30H34FNO4/c1-19(2)13-28(24-15-20(3)14-21(4)16-24)32-30(35)27-17-22(5-6-23(27)7-12-29(33)34)18-36-26-10-8-25(31)9-11-26/h5-6,8-11,14-17,19,28H,7,12-13,18H2,1-4H3,(H,32,35)(H,33,34)/t28-/m1/s1. The van der Waals surface area contributed by atoms with E-state index < -0.39 is 5.97 Å². The normalized spacial score (nSPS) is 11.8. The van der Waals surface area contributed by atoms with Crippen LogP contribution in [0.1, 0.15) is 70.9 Å². The van der Waals surface area contributed by atoms with Gasteiger partial charge >= 0.3 is 5.97 Å². The van der Waals surface area contributed by atoms with E-state index >= 15 is 0 Å². The summed E-state index contributed by atoms with van der Waals surface area (Å²) in [5.74, 6) is -0.632. The van der Waals surface area contributed by atoms with E-state index in [1.807, 2.05) is 19.9 Å². The zero-order valence-corrected chi connectivity index (χ0v) is 21.3. The molecule has 0 aromatic heterocycles. The second kappa shape index (κ2) is 12.3. The van der Waals surface area contributed by atoms with E-state index in [1.54, 1.807) is 24.3 Å². The Bertz CT molecular complexity index is 1180. The van der Waals surface area contributed by atoms with Crippen molar-refractivity contribution < 1.29 is 23.8 Å². The first-order valence-corrected chi connectivity index (χ1v) is 12.2. The fraction of sp³-hybridized carbons (Fsp3) is 0.333. The van der Waals surface area contributed by atoms with Crippen molar-refractivity contribution in [2.45, 2.75) is 59.6 Å². The molecule has 1 amide bonds. The summed E-state index contributed by atoms with van der Waals surface area (Å²) in [6, 6.07) is 17.2. The van der Waals surface area contributed by atoms with Gasteiger partial charge in [-0.25, -0.2) is 4.39 Å². The van der Waals surface area contributed by atoms with Crippen LogP contribution in [0.4, 0.5) is 4.39 Å². The summed E-state index contributed by atoms with van der Waals surface area (Å²) in [7, 11) is 0. The lowest BCUT2D eigenvalue weighted by atomic mass is 9.93. The first-order valence-electron chi connectivity index (χ1n) is 12.2. The molecular formula is C30H34FNO4. The smallest absolute Gasteiger partial charge is 0.303 e. The Morgan fingerprint density at radius 3 is 2.25 bits per heavy atom. The number of carbonyl (C=O) groups excluding carboxylic acids is 1. The maximum absolute atomic E-state index is 13.6. The Morgan fingerprint density at radius 1 is 0.972 bits per heavy atom. The number of carbonyl (C=O) groups is 2. The molecule has 5 nitrogen and oxygen atoms in total. The summed E-state index contributed by atoms with van der Waals surface area (Å²) in [6.07, 6.45) is 0.945. The highest BCUT2D eigenvalue weighted by molar-refractivity contribution is 5.96. The van der Waals surface area contributed by atoms with Crippen LogP contribution in [-0.2, 0) is 17.8 Å². The Morgan fingerprint density at radius 2 is 1.64 bits per heavy atom. The van der Waals surface area contributed by atoms with Crippen molar-refractivity contribution in [3.63, 3.8) is 0 Å². The molecule has 1 atom stereocenters. The molecule has 6 heteroatoms. The summed E-state index contributed by atoms with van der Waals surface area (Å²) in [5, 5.41) is 12.4. The Kier molecular flexibility index (Phi) is 9.23. The largest absolute Gasteiger partial charge is 0.489 e. The maximum Gasteiger partial charge on any atom is 0.303 e. The SMILES string of the molecule is Cc1cc(C)cc([C@@H](CC(C)C)NC(=O)c2cc(COc3ccc(F)cc3)ccc2CCC(=O)O)c1. The van der Waals surface area contributed by atoms with Gasteiger partial charge in [-0.1, -0.05) is 55.3 Å². The average molecular weight is 492 g/mol. The van der Waals surface area contributed by atoms with Gasteiger partial charge in [0, 0.05) is 12.0 Å². The molecular weight excluding hydrogens is 457 g/mol.